The van der Waals surface area contributed by atoms with Gasteiger partial charge in [0.05, 0.1) is 5.56 Å². The Hall–Kier alpha value is -1.84. The van der Waals surface area contributed by atoms with Crippen LogP contribution in [0.15, 0.2) is 18.2 Å². The maximum Gasteiger partial charge on any atom is 0.335 e. The summed E-state index contributed by atoms with van der Waals surface area (Å²) in [5.74, 6) is -1.09. The summed E-state index contributed by atoms with van der Waals surface area (Å²) >= 11 is 0. The first-order valence-electron chi connectivity index (χ1n) is 4.12. The van der Waals surface area contributed by atoms with Gasteiger partial charge in [-0.05, 0) is 25.1 Å². The van der Waals surface area contributed by atoms with Crippen LogP contribution in [0.3, 0.4) is 0 Å². The number of hydrogen-bond donors (Lipinski definition) is 2. The highest BCUT2D eigenvalue weighted by Gasteiger charge is 2.09. The molecule has 1 rings (SSSR count). The van der Waals surface area contributed by atoms with E-state index in [1.54, 1.807) is 7.05 Å². The first kappa shape index (κ1) is 10.2. The van der Waals surface area contributed by atoms with Crippen LogP contribution in [0, 0.1) is 0 Å². The van der Waals surface area contributed by atoms with Crippen LogP contribution >= 0.6 is 0 Å². The Morgan fingerprint density at radius 3 is 2.43 bits per heavy atom. The lowest BCUT2D eigenvalue weighted by Gasteiger charge is -2.06. The highest BCUT2D eigenvalue weighted by Crippen LogP contribution is 2.17. The van der Waals surface area contributed by atoms with E-state index in [0.29, 0.717) is 11.3 Å². The zero-order valence-corrected chi connectivity index (χ0v) is 8.00. The summed E-state index contributed by atoms with van der Waals surface area (Å²) in [6, 6.07) is 4.37. The van der Waals surface area contributed by atoms with Crippen molar-refractivity contribution >= 4 is 17.4 Å². The quantitative estimate of drug-likeness (QED) is 0.716. The largest absolute Gasteiger partial charge is 0.478 e. The lowest BCUT2D eigenvalue weighted by atomic mass is 10.1. The minimum Gasteiger partial charge on any atom is -0.478 e. The number of carbonyl (C=O) groups excluding carboxylic acids is 1. The summed E-state index contributed by atoms with van der Waals surface area (Å²) < 4.78 is 0. The number of ketones is 1. The summed E-state index contributed by atoms with van der Waals surface area (Å²) in [7, 11) is 1.65. The van der Waals surface area contributed by atoms with Gasteiger partial charge in [-0.3, -0.25) is 4.79 Å². The fraction of sp³-hybridized carbons (Fsp3) is 0.200. The molecule has 4 nitrogen and oxygen atoms in total. The fourth-order valence-electron chi connectivity index (χ4n) is 1.19. The third-order valence-electron chi connectivity index (χ3n) is 1.92. The summed E-state index contributed by atoms with van der Waals surface area (Å²) in [5, 5.41) is 11.5. The minimum atomic E-state index is -1.00. The SMILES string of the molecule is CNc1cc(C(=O)O)ccc1C(C)=O. The van der Waals surface area contributed by atoms with Gasteiger partial charge in [-0.2, -0.15) is 0 Å². The van der Waals surface area contributed by atoms with Gasteiger partial charge in [0.25, 0.3) is 0 Å². The molecule has 2 N–H and O–H groups in total. The Kier molecular flexibility index (Phi) is 2.86. The molecule has 74 valence electrons. The average Bonchev–Trinajstić information content (AvgIpc) is 2.16. The van der Waals surface area contributed by atoms with Crippen molar-refractivity contribution in [2.75, 3.05) is 12.4 Å². The van der Waals surface area contributed by atoms with Crippen molar-refractivity contribution in [3.05, 3.63) is 29.3 Å². The normalized spacial score (nSPS) is 9.57. The van der Waals surface area contributed by atoms with Crippen LogP contribution in [0.4, 0.5) is 5.69 Å². The molecule has 0 saturated heterocycles. The second kappa shape index (κ2) is 3.91. The van der Waals surface area contributed by atoms with E-state index in [1.165, 1.54) is 25.1 Å². The topological polar surface area (TPSA) is 66.4 Å². The minimum absolute atomic E-state index is 0.0914. The fourth-order valence-corrected chi connectivity index (χ4v) is 1.19. The Labute approximate surface area is 81.6 Å². The number of Topliss-reactive ketones (excluding diaryl/α,β-unsaturated/α-hetero) is 1. The molecule has 1 aromatic rings. The smallest absolute Gasteiger partial charge is 0.335 e. The summed E-state index contributed by atoms with van der Waals surface area (Å²) in [4.78, 5) is 21.8. The summed E-state index contributed by atoms with van der Waals surface area (Å²) in [6.07, 6.45) is 0. The van der Waals surface area contributed by atoms with Crippen LogP contribution in [0.5, 0.6) is 0 Å². The lowest BCUT2D eigenvalue weighted by Crippen LogP contribution is -2.03. The monoisotopic (exact) mass is 193 g/mol. The number of rotatable bonds is 3. The second-order valence-electron chi connectivity index (χ2n) is 2.87. The van der Waals surface area contributed by atoms with Crippen molar-refractivity contribution in [2.45, 2.75) is 6.92 Å². The average molecular weight is 193 g/mol. The van der Waals surface area contributed by atoms with Crippen LogP contribution in [-0.4, -0.2) is 23.9 Å². The van der Waals surface area contributed by atoms with Gasteiger partial charge in [0.2, 0.25) is 0 Å². The molecule has 0 fully saturated rings. The Morgan fingerprint density at radius 1 is 1.36 bits per heavy atom. The van der Waals surface area contributed by atoms with E-state index < -0.39 is 5.97 Å². The molecule has 0 saturated carbocycles. The molecule has 0 unspecified atom stereocenters. The molecule has 0 aromatic heterocycles. The van der Waals surface area contributed by atoms with E-state index in [1.807, 2.05) is 0 Å². The molecule has 0 heterocycles. The van der Waals surface area contributed by atoms with Gasteiger partial charge in [-0.1, -0.05) is 0 Å². The molecule has 0 aliphatic heterocycles. The van der Waals surface area contributed by atoms with E-state index in [2.05, 4.69) is 5.32 Å². The van der Waals surface area contributed by atoms with Crippen molar-refractivity contribution < 1.29 is 14.7 Å². The van der Waals surface area contributed by atoms with E-state index in [-0.39, 0.29) is 11.3 Å². The molecule has 0 spiro atoms. The van der Waals surface area contributed by atoms with Gasteiger partial charge in [0, 0.05) is 18.3 Å². The molecule has 0 radical (unpaired) electrons. The van der Waals surface area contributed by atoms with E-state index >= 15 is 0 Å². The van der Waals surface area contributed by atoms with Crippen LogP contribution in [0.25, 0.3) is 0 Å². The standard InChI is InChI=1S/C10H11NO3/c1-6(12)8-4-3-7(10(13)14)5-9(8)11-2/h3-5,11H,1-2H3,(H,13,14). The van der Waals surface area contributed by atoms with Gasteiger partial charge in [0.1, 0.15) is 0 Å². The number of carbonyl (C=O) groups is 2. The van der Waals surface area contributed by atoms with Crippen molar-refractivity contribution in [1.82, 2.24) is 0 Å². The van der Waals surface area contributed by atoms with Crippen LogP contribution in [0.2, 0.25) is 0 Å². The molecule has 0 amide bonds. The number of carboxylic acids is 1. The third kappa shape index (κ3) is 1.90. The molecule has 0 aliphatic rings. The number of nitrogens with one attached hydrogen (secondary N) is 1. The second-order valence-corrected chi connectivity index (χ2v) is 2.87. The highest BCUT2D eigenvalue weighted by atomic mass is 16.4. The van der Waals surface area contributed by atoms with Crippen LogP contribution in [0.1, 0.15) is 27.6 Å². The first-order valence-corrected chi connectivity index (χ1v) is 4.12. The maximum absolute atomic E-state index is 11.1. The van der Waals surface area contributed by atoms with Crippen molar-refractivity contribution in [2.24, 2.45) is 0 Å². The number of carboxylic acid groups (broad SMARTS) is 1. The molecular weight excluding hydrogens is 182 g/mol. The van der Waals surface area contributed by atoms with Crippen LogP contribution in [-0.2, 0) is 0 Å². The van der Waals surface area contributed by atoms with Gasteiger partial charge < -0.3 is 10.4 Å². The summed E-state index contributed by atoms with van der Waals surface area (Å²) in [5.41, 5.74) is 1.20. The maximum atomic E-state index is 11.1. The molecule has 4 heteroatoms. The van der Waals surface area contributed by atoms with Gasteiger partial charge in [0.15, 0.2) is 5.78 Å². The molecule has 0 atom stereocenters. The van der Waals surface area contributed by atoms with E-state index in [0.717, 1.165) is 0 Å². The first-order chi connectivity index (χ1) is 6.56. The predicted octanol–water partition coefficient (Wildman–Crippen LogP) is 1.63. The van der Waals surface area contributed by atoms with Crippen molar-refractivity contribution in [3.63, 3.8) is 0 Å². The zero-order valence-electron chi connectivity index (χ0n) is 8.00. The zero-order chi connectivity index (χ0) is 10.7. The number of hydrogen-bond acceptors (Lipinski definition) is 3. The highest BCUT2D eigenvalue weighted by molar-refractivity contribution is 6.01. The summed E-state index contributed by atoms with van der Waals surface area (Å²) in [6.45, 7) is 1.44. The number of anilines is 1. The van der Waals surface area contributed by atoms with Gasteiger partial charge >= 0.3 is 5.97 Å². The molecule has 1 aromatic carbocycles. The Bertz CT molecular complexity index is 385. The van der Waals surface area contributed by atoms with E-state index in [9.17, 15) is 9.59 Å². The molecule has 14 heavy (non-hydrogen) atoms. The van der Waals surface area contributed by atoms with Gasteiger partial charge in [-0.15, -0.1) is 0 Å². The molecule has 0 aliphatic carbocycles. The molecular formula is C10H11NO3. The Morgan fingerprint density at radius 2 is 2.00 bits per heavy atom. The predicted molar refractivity (Wildman–Crippen MR) is 53.0 cm³/mol. The third-order valence-corrected chi connectivity index (χ3v) is 1.92. The number of aromatic carboxylic acids is 1. The van der Waals surface area contributed by atoms with E-state index in [4.69, 9.17) is 5.11 Å². The molecule has 0 bridgehead atoms. The van der Waals surface area contributed by atoms with Gasteiger partial charge in [-0.25, -0.2) is 4.79 Å². The van der Waals surface area contributed by atoms with Crippen LogP contribution < -0.4 is 5.32 Å². The lowest BCUT2D eigenvalue weighted by molar-refractivity contribution is 0.0696. The number of benzene rings is 1. The van der Waals surface area contributed by atoms with Crippen molar-refractivity contribution in [1.29, 1.82) is 0 Å². The van der Waals surface area contributed by atoms with Crippen molar-refractivity contribution in [3.8, 4) is 0 Å². The Balaban J connectivity index is 3.25.